The van der Waals surface area contributed by atoms with Crippen LogP contribution in [-0.2, 0) is 6.98 Å². The van der Waals surface area contributed by atoms with Gasteiger partial charge in [-0.1, -0.05) is 0 Å². The molecular formula is C9H7BrFN. The van der Waals surface area contributed by atoms with Crippen LogP contribution in [0.3, 0.4) is 0 Å². The van der Waals surface area contributed by atoms with Gasteiger partial charge in [0, 0.05) is 22.7 Å². The minimum Gasteiger partial charge on any atom is -0.350 e. The van der Waals surface area contributed by atoms with E-state index in [0.29, 0.717) is 15.4 Å². The molecule has 3 heteroatoms. The van der Waals surface area contributed by atoms with E-state index in [1.54, 1.807) is 6.07 Å². The maximum absolute atomic E-state index is 13.6. The number of fused-ring (bicyclic) bond motifs is 1. The van der Waals surface area contributed by atoms with E-state index in [2.05, 4.69) is 15.9 Å². The van der Waals surface area contributed by atoms with E-state index in [0.717, 1.165) is 4.57 Å². The van der Waals surface area contributed by atoms with Crippen molar-refractivity contribution in [3.63, 3.8) is 0 Å². The number of hydrogen-bond donors (Lipinski definition) is 0. The predicted octanol–water partition coefficient (Wildman–Crippen LogP) is 3.08. The molecule has 2 aromatic rings. The number of halogens is 2. The molecule has 1 aromatic heterocycles. The molecule has 12 heavy (non-hydrogen) atoms. The predicted molar refractivity (Wildman–Crippen MR) is 50.6 cm³/mol. The van der Waals surface area contributed by atoms with Gasteiger partial charge >= 0.3 is 0 Å². The van der Waals surface area contributed by atoms with Gasteiger partial charge < -0.3 is 4.57 Å². The molecule has 0 bridgehead atoms. The Morgan fingerprint density at radius 2 is 2.33 bits per heavy atom. The van der Waals surface area contributed by atoms with Gasteiger partial charge in [0.05, 0.1) is 9.99 Å². The monoisotopic (exact) mass is 230 g/mol. The first kappa shape index (κ1) is 5.02. The van der Waals surface area contributed by atoms with E-state index in [1.165, 1.54) is 18.3 Å². The highest BCUT2D eigenvalue weighted by Gasteiger charge is 2.06. The fraction of sp³-hybridized carbons (Fsp3) is 0.111. The second-order valence-corrected chi connectivity index (χ2v) is 3.33. The van der Waals surface area contributed by atoms with Crippen LogP contribution in [-0.4, -0.2) is 4.57 Å². The third-order valence-corrected chi connectivity index (χ3v) is 2.37. The van der Waals surface area contributed by atoms with Gasteiger partial charge in [0.15, 0.2) is 0 Å². The summed E-state index contributed by atoms with van der Waals surface area (Å²) in [7, 11) is 0. The molecule has 62 valence electrons. The highest BCUT2D eigenvalue weighted by Crippen LogP contribution is 2.24. The second-order valence-electron chi connectivity index (χ2n) is 2.48. The summed E-state index contributed by atoms with van der Waals surface area (Å²) < 4.78 is 36.7. The van der Waals surface area contributed by atoms with Crippen LogP contribution in [0.2, 0.25) is 0 Å². The van der Waals surface area contributed by atoms with Crippen LogP contribution in [0.4, 0.5) is 4.39 Å². The largest absolute Gasteiger partial charge is 0.350 e. The number of aryl methyl sites for hydroxylation is 1. The van der Waals surface area contributed by atoms with E-state index in [9.17, 15) is 4.39 Å². The Morgan fingerprint density at radius 3 is 3.08 bits per heavy atom. The van der Waals surface area contributed by atoms with E-state index >= 15 is 0 Å². The molecule has 1 aromatic carbocycles. The third-order valence-electron chi connectivity index (χ3n) is 1.76. The third kappa shape index (κ3) is 0.966. The fourth-order valence-corrected chi connectivity index (χ4v) is 1.50. The van der Waals surface area contributed by atoms with Crippen molar-refractivity contribution in [2.45, 2.75) is 0 Å². The molecule has 0 fully saturated rings. The summed E-state index contributed by atoms with van der Waals surface area (Å²) >= 11 is 3.05. The van der Waals surface area contributed by atoms with Crippen LogP contribution in [0.25, 0.3) is 10.9 Å². The Kier molecular flexibility index (Phi) is 1.08. The Hall–Kier alpha value is -0.830. The lowest BCUT2D eigenvalue weighted by atomic mass is 10.2. The Morgan fingerprint density at radius 1 is 1.50 bits per heavy atom. The minimum absolute atomic E-state index is 0.306. The summed E-state index contributed by atoms with van der Waals surface area (Å²) in [5, 5.41) is 0.306. The van der Waals surface area contributed by atoms with Crippen LogP contribution in [0.15, 0.2) is 28.9 Å². The lowest BCUT2D eigenvalue weighted by Gasteiger charge is -1.98. The van der Waals surface area contributed by atoms with E-state index in [-0.39, 0.29) is 0 Å². The molecule has 1 heterocycles. The molecular weight excluding hydrogens is 221 g/mol. The van der Waals surface area contributed by atoms with E-state index in [4.69, 9.17) is 4.11 Å². The molecule has 0 atom stereocenters. The first-order chi connectivity index (χ1) is 6.91. The normalized spacial score (nSPS) is 15.7. The molecule has 0 radical (unpaired) electrons. The summed E-state index contributed by atoms with van der Waals surface area (Å²) in [6.45, 7) is -2.28. The number of rotatable bonds is 0. The van der Waals surface area contributed by atoms with Crippen molar-refractivity contribution in [1.29, 1.82) is 0 Å². The first-order valence-electron chi connectivity index (χ1n) is 4.87. The number of aromatic nitrogens is 1. The van der Waals surface area contributed by atoms with Gasteiger partial charge in [0.1, 0.15) is 5.82 Å². The molecule has 0 saturated carbocycles. The summed E-state index contributed by atoms with van der Waals surface area (Å²) in [6, 6.07) is 4.54. The van der Waals surface area contributed by atoms with Gasteiger partial charge in [0.2, 0.25) is 0 Å². The quantitative estimate of drug-likeness (QED) is 0.656. The molecule has 0 N–H and O–H groups in total. The highest BCUT2D eigenvalue weighted by atomic mass is 79.9. The van der Waals surface area contributed by atoms with Crippen molar-refractivity contribution in [1.82, 2.24) is 4.57 Å². The van der Waals surface area contributed by atoms with E-state index < -0.39 is 12.8 Å². The van der Waals surface area contributed by atoms with E-state index in [1.807, 2.05) is 0 Å². The standard InChI is InChI=1S/C9H7BrFN/c1-12-5-4-6-8(12)3-2-7(10)9(6)11/h2-5H,1H3/i1D3. The van der Waals surface area contributed by atoms with Gasteiger partial charge in [-0.2, -0.15) is 0 Å². The molecule has 0 aliphatic carbocycles. The molecule has 0 unspecified atom stereocenters. The lowest BCUT2D eigenvalue weighted by Crippen LogP contribution is -1.85. The number of nitrogens with zero attached hydrogens (tertiary/aromatic N) is 1. The number of benzene rings is 1. The average molecular weight is 231 g/mol. The number of hydrogen-bond acceptors (Lipinski definition) is 0. The molecule has 0 saturated heterocycles. The van der Waals surface area contributed by atoms with Crippen LogP contribution in [0.5, 0.6) is 0 Å². The smallest absolute Gasteiger partial charge is 0.146 e. The Labute approximate surface area is 82.1 Å². The zero-order valence-corrected chi connectivity index (χ0v) is 7.60. The molecule has 1 nitrogen and oxygen atoms in total. The highest BCUT2D eigenvalue weighted by molar-refractivity contribution is 9.10. The molecule has 0 aliphatic rings. The maximum atomic E-state index is 13.6. The lowest BCUT2D eigenvalue weighted by molar-refractivity contribution is 0.633. The zero-order valence-electron chi connectivity index (χ0n) is 9.01. The van der Waals surface area contributed by atoms with Crippen molar-refractivity contribution in [2.24, 2.45) is 6.98 Å². The Bertz CT molecular complexity index is 518. The summed E-state index contributed by atoms with van der Waals surface area (Å²) in [5.41, 5.74) is 0.371. The van der Waals surface area contributed by atoms with Gasteiger partial charge in [-0.25, -0.2) is 4.39 Å². The van der Waals surface area contributed by atoms with Crippen molar-refractivity contribution in [3.05, 3.63) is 34.7 Å². The van der Waals surface area contributed by atoms with Crippen LogP contribution < -0.4 is 0 Å². The van der Waals surface area contributed by atoms with Crippen molar-refractivity contribution in [2.75, 3.05) is 0 Å². The average Bonchev–Trinajstić information content (AvgIpc) is 2.54. The molecule has 2 rings (SSSR count). The van der Waals surface area contributed by atoms with Crippen molar-refractivity contribution < 1.29 is 8.50 Å². The zero-order chi connectivity index (χ0) is 11.2. The topological polar surface area (TPSA) is 4.93 Å². The summed E-state index contributed by atoms with van der Waals surface area (Å²) in [6.07, 6.45) is 1.37. The summed E-state index contributed by atoms with van der Waals surface area (Å²) in [5.74, 6) is -0.435. The SMILES string of the molecule is [2H]C([2H])([2H])n1ccc2c(F)c(Br)ccc21. The molecule has 0 amide bonds. The van der Waals surface area contributed by atoms with Crippen LogP contribution in [0.1, 0.15) is 4.11 Å². The first-order valence-corrected chi connectivity index (χ1v) is 4.16. The van der Waals surface area contributed by atoms with Crippen LogP contribution >= 0.6 is 15.9 Å². The Balaban J connectivity index is 2.78. The van der Waals surface area contributed by atoms with Gasteiger partial charge in [-0.05, 0) is 34.1 Å². The van der Waals surface area contributed by atoms with Crippen LogP contribution in [0, 0.1) is 5.82 Å². The van der Waals surface area contributed by atoms with Gasteiger partial charge in [-0.3, -0.25) is 0 Å². The molecule has 0 spiro atoms. The molecule has 0 aliphatic heterocycles. The van der Waals surface area contributed by atoms with Crippen molar-refractivity contribution >= 4 is 26.8 Å². The van der Waals surface area contributed by atoms with Gasteiger partial charge in [0.25, 0.3) is 0 Å². The fourth-order valence-electron chi connectivity index (χ4n) is 1.15. The maximum Gasteiger partial charge on any atom is 0.146 e. The van der Waals surface area contributed by atoms with Gasteiger partial charge in [-0.15, -0.1) is 0 Å². The summed E-state index contributed by atoms with van der Waals surface area (Å²) in [4.78, 5) is 0. The minimum atomic E-state index is -2.28. The van der Waals surface area contributed by atoms with Crippen molar-refractivity contribution in [3.8, 4) is 0 Å². The second kappa shape index (κ2) is 2.59.